The van der Waals surface area contributed by atoms with Crippen molar-refractivity contribution < 1.29 is 13.6 Å². The summed E-state index contributed by atoms with van der Waals surface area (Å²) in [5, 5.41) is 2.44. The summed E-state index contributed by atoms with van der Waals surface area (Å²) in [7, 11) is 1.47. The number of H-pyrrole nitrogens is 1. The minimum absolute atomic E-state index is 0.0386. The number of aryl methyl sites for hydroxylation is 1. The lowest BCUT2D eigenvalue weighted by atomic mass is 10.1. The largest absolute Gasteiger partial charge is 0.360 e. The van der Waals surface area contributed by atoms with Crippen LogP contribution in [0, 0.1) is 18.7 Å². The van der Waals surface area contributed by atoms with Crippen LogP contribution in [-0.2, 0) is 6.54 Å². The third-order valence-corrected chi connectivity index (χ3v) is 6.59. The highest BCUT2D eigenvalue weighted by molar-refractivity contribution is 5.92. The zero-order valence-electron chi connectivity index (χ0n) is 18.4. The van der Waals surface area contributed by atoms with Crippen molar-refractivity contribution >= 4 is 22.6 Å². The van der Waals surface area contributed by atoms with Gasteiger partial charge in [-0.05, 0) is 38.0 Å². The van der Waals surface area contributed by atoms with Crippen LogP contribution in [0.3, 0.4) is 0 Å². The van der Waals surface area contributed by atoms with Crippen LogP contribution in [0.15, 0.2) is 29.1 Å². The maximum atomic E-state index is 15.1. The van der Waals surface area contributed by atoms with E-state index in [9.17, 15) is 14.0 Å². The number of benzene rings is 1. The van der Waals surface area contributed by atoms with Gasteiger partial charge in [0.15, 0.2) is 5.82 Å². The lowest BCUT2D eigenvalue weighted by molar-refractivity contribution is 0.0957. The Bertz CT molecular complexity index is 1320. The molecule has 1 aliphatic carbocycles. The standard InChI is InChI=1S/C23H24F2N6O2/c1-13-21(32)29-19-15(27-13)4-3-14(18(19)24)11-30-9-10-31(23(12-30)7-8-23)17-6-5-16(22(33)26-2)28-20(17)25/h3-6H,7-12H2,1-2H3,(H,26,33)(H,29,32). The third-order valence-electron chi connectivity index (χ3n) is 6.59. The number of fused-ring (bicyclic) bond motifs is 1. The number of anilines is 1. The van der Waals surface area contributed by atoms with Crippen molar-refractivity contribution in [3.8, 4) is 0 Å². The summed E-state index contributed by atoms with van der Waals surface area (Å²) in [6.45, 7) is 3.79. The van der Waals surface area contributed by atoms with Crippen molar-refractivity contribution in [2.24, 2.45) is 0 Å². The maximum absolute atomic E-state index is 15.1. The first kappa shape index (κ1) is 21.4. The third kappa shape index (κ3) is 3.74. The number of pyridine rings is 1. The van der Waals surface area contributed by atoms with Gasteiger partial charge in [0.1, 0.15) is 16.9 Å². The van der Waals surface area contributed by atoms with E-state index in [1.807, 2.05) is 4.90 Å². The minimum atomic E-state index is -0.664. The van der Waals surface area contributed by atoms with Gasteiger partial charge in [0.05, 0.1) is 16.7 Å². The van der Waals surface area contributed by atoms with Gasteiger partial charge in [-0.3, -0.25) is 14.5 Å². The molecular formula is C23H24F2N6O2. The van der Waals surface area contributed by atoms with Gasteiger partial charge in [-0.25, -0.2) is 14.4 Å². The number of aromatic nitrogens is 3. The molecule has 0 radical (unpaired) electrons. The second-order valence-electron chi connectivity index (χ2n) is 8.76. The normalized spacial score (nSPS) is 17.5. The monoisotopic (exact) mass is 454 g/mol. The Morgan fingerprint density at radius 1 is 1.18 bits per heavy atom. The summed E-state index contributed by atoms with van der Waals surface area (Å²) < 4.78 is 29.9. The lowest BCUT2D eigenvalue weighted by Crippen LogP contribution is -2.55. The van der Waals surface area contributed by atoms with E-state index in [-0.39, 0.29) is 16.7 Å². The van der Waals surface area contributed by atoms with Crippen molar-refractivity contribution in [2.75, 3.05) is 31.6 Å². The number of hydrogen-bond acceptors (Lipinski definition) is 6. The Kier molecular flexibility index (Phi) is 5.12. The highest BCUT2D eigenvalue weighted by Crippen LogP contribution is 2.47. The van der Waals surface area contributed by atoms with Crippen LogP contribution < -0.4 is 15.8 Å². The Morgan fingerprint density at radius 2 is 1.97 bits per heavy atom. The fourth-order valence-corrected chi connectivity index (χ4v) is 4.64. The number of carbonyl (C=O) groups excluding carboxylic acids is 1. The molecule has 1 aromatic carbocycles. The molecule has 1 saturated heterocycles. The lowest BCUT2D eigenvalue weighted by Gasteiger charge is -2.43. The summed E-state index contributed by atoms with van der Waals surface area (Å²) in [5.74, 6) is -1.57. The van der Waals surface area contributed by atoms with Gasteiger partial charge in [0, 0.05) is 38.8 Å². The highest BCUT2D eigenvalue weighted by Gasteiger charge is 2.52. The number of amides is 1. The molecular weight excluding hydrogens is 430 g/mol. The van der Waals surface area contributed by atoms with Crippen LogP contribution >= 0.6 is 0 Å². The predicted octanol–water partition coefficient (Wildman–Crippen LogP) is 2.12. The van der Waals surface area contributed by atoms with Crippen LogP contribution in [0.1, 0.15) is 34.6 Å². The van der Waals surface area contributed by atoms with E-state index < -0.39 is 23.2 Å². The SMILES string of the molecule is CNC(=O)c1ccc(N2CCN(Cc3ccc4nc(C)c(=O)[nH]c4c3F)CC23CC3)c(F)n1. The summed E-state index contributed by atoms with van der Waals surface area (Å²) >= 11 is 0. The van der Waals surface area contributed by atoms with Crippen molar-refractivity contribution in [1.29, 1.82) is 0 Å². The molecule has 33 heavy (non-hydrogen) atoms. The fourth-order valence-electron chi connectivity index (χ4n) is 4.64. The van der Waals surface area contributed by atoms with E-state index in [0.717, 1.165) is 12.8 Å². The number of nitrogens with zero attached hydrogens (tertiary/aromatic N) is 4. The van der Waals surface area contributed by atoms with E-state index in [1.165, 1.54) is 13.1 Å². The molecule has 0 bridgehead atoms. The first-order valence-corrected chi connectivity index (χ1v) is 10.9. The molecule has 0 atom stereocenters. The molecule has 0 unspecified atom stereocenters. The topological polar surface area (TPSA) is 94.2 Å². The van der Waals surface area contributed by atoms with Crippen molar-refractivity contribution in [3.63, 3.8) is 0 Å². The minimum Gasteiger partial charge on any atom is -0.360 e. The van der Waals surface area contributed by atoms with E-state index in [4.69, 9.17) is 0 Å². The van der Waals surface area contributed by atoms with Crippen LogP contribution in [0.2, 0.25) is 0 Å². The molecule has 2 aromatic heterocycles. The van der Waals surface area contributed by atoms with Crippen LogP contribution in [-0.4, -0.2) is 58.0 Å². The molecule has 2 N–H and O–H groups in total. The number of piperazine rings is 1. The molecule has 1 amide bonds. The van der Waals surface area contributed by atoms with Crippen molar-refractivity contribution in [1.82, 2.24) is 25.2 Å². The number of halogens is 2. The molecule has 3 heterocycles. The predicted molar refractivity (Wildman–Crippen MR) is 119 cm³/mol. The summed E-state index contributed by atoms with van der Waals surface area (Å²) in [5.41, 5.74) is 1.11. The molecule has 1 aliphatic heterocycles. The molecule has 8 nitrogen and oxygen atoms in total. The first-order valence-electron chi connectivity index (χ1n) is 10.9. The Labute approximate surface area is 188 Å². The number of carbonyl (C=O) groups is 1. The zero-order chi connectivity index (χ0) is 23.3. The number of aromatic amines is 1. The summed E-state index contributed by atoms with van der Waals surface area (Å²) in [4.78, 5) is 38.4. The van der Waals surface area contributed by atoms with Gasteiger partial charge in [0.25, 0.3) is 11.5 Å². The van der Waals surface area contributed by atoms with Gasteiger partial charge in [-0.2, -0.15) is 4.39 Å². The Morgan fingerprint density at radius 3 is 2.67 bits per heavy atom. The van der Waals surface area contributed by atoms with Crippen molar-refractivity contribution in [2.45, 2.75) is 31.8 Å². The molecule has 1 saturated carbocycles. The van der Waals surface area contributed by atoms with Gasteiger partial charge in [-0.15, -0.1) is 0 Å². The number of hydrogen-bond donors (Lipinski definition) is 2. The zero-order valence-corrected chi connectivity index (χ0v) is 18.4. The van der Waals surface area contributed by atoms with Gasteiger partial charge < -0.3 is 15.2 Å². The van der Waals surface area contributed by atoms with Crippen LogP contribution in [0.5, 0.6) is 0 Å². The highest BCUT2D eigenvalue weighted by atomic mass is 19.1. The van der Waals surface area contributed by atoms with Crippen LogP contribution in [0.25, 0.3) is 11.0 Å². The Hall–Kier alpha value is -3.40. The summed E-state index contributed by atoms with van der Waals surface area (Å²) in [6.07, 6.45) is 1.80. The molecule has 172 valence electrons. The molecule has 5 rings (SSSR count). The van der Waals surface area contributed by atoms with E-state index in [1.54, 1.807) is 25.1 Å². The molecule has 2 fully saturated rings. The van der Waals surface area contributed by atoms with Crippen molar-refractivity contribution in [3.05, 3.63) is 63.3 Å². The molecule has 1 spiro atoms. The second kappa shape index (κ2) is 7.87. The maximum Gasteiger partial charge on any atom is 0.269 e. The number of rotatable bonds is 4. The second-order valence-corrected chi connectivity index (χ2v) is 8.76. The molecule has 2 aliphatic rings. The fraction of sp³-hybridized carbons (Fsp3) is 0.391. The molecule has 3 aromatic rings. The quantitative estimate of drug-likeness (QED) is 0.587. The average molecular weight is 454 g/mol. The van der Waals surface area contributed by atoms with E-state index >= 15 is 4.39 Å². The average Bonchev–Trinajstić information content (AvgIpc) is 3.56. The first-order chi connectivity index (χ1) is 15.8. The van der Waals surface area contributed by atoms with Crippen LogP contribution in [0.4, 0.5) is 14.5 Å². The van der Waals surface area contributed by atoms with Gasteiger partial charge in [-0.1, -0.05) is 6.07 Å². The number of nitrogens with one attached hydrogen (secondary N) is 2. The Balaban J connectivity index is 1.36. The van der Waals surface area contributed by atoms with Gasteiger partial charge in [0.2, 0.25) is 5.95 Å². The van der Waals surface area contributed by atoms with E-state index in [0.29, 0.717) is 48.6 Å². The van der Waals surface area contributed by atoms with Gasteiger partial charge >= 0.3 is 0 Å². The summed E-state index contributed by atoms with van der Waals surface area (Å²) in [6, 6.07) is 6.56. The molecule has 10 heteroatoms. The smallest absolute Gasteiger partial charge is 0.269 e. The van der Waals surface area contributed by atoms with E-state index in [2.05, 4.69) is 25.2 Å².